The molecule has 0 aliphatic carbocycles. The molecule has 1 amide bonds. The molecule has 19 heavy (non-hydrogen) atoms. The Kier molecular flexibility index (Phi) is 4.47. The number of nitrogens with one attached hydrogen (secondary N) is 1. The van der Waals surface area contributed by atoms with E-state index in [-0.39, 0.29) is 5.91 Å². The number of aliphatic hydroxyl groups is 1. The lowest BCUT2D eigenvalue weighted by Gasteiger charge is -2.21. The predicted octanol–water partition coefficient (Wildman–Crippen LogP) is 3.06. The van der Waals surface area contributed by atoms with Crippen molar-refractivity contribution in [2.75, 3.05) is 23.8 Å². The molecule has 0 spiro atoms. The number of carbonyl (C=O) groups excluding carboxylic acids is 1. The maximum atomic E-state index is 11.4. The Morgan fingerprint density at radius 3 is 2.84 bits per heavy atom. The molecule has 1 heterocycles. The van der Waals surface area contributed by atoms with Crippen LogP contribution in [0.2, 0.25) is 0 Å². The number of benzene rings is 1. The van der Waals surface area contributed by atoms with E-state index in [1.165, 1.54) is 12.8 Å². The van der Waals surface area contributed by atoms with Gasteiger partial charge in [-0.2, -0.15) is 0 Å². The lowest BCUT2D eigenvalue weighted by atomic mass is 10.1. The number of anilines is 2. The summed E-state index contributed by atoms with van der Waals surface area (Å²) in [7, 11) is 2.04. The third kappa shape index (κ3) is 2.92. The minimum Gasteiger partial charge on any atom is -0.378 e. The van der Waals surface area contributed by atoms with Gasteiger partial charge >= 0.3 is 0 Å². The van der Waals surface area contributed by atoms with Crippen LogP contribution in [-0.2, 0) is 4.79 Å². The Morgan fingerprint density at radius 2 is 2.16 bits per heavy atom. The van der Waals surface area contributed by atoms with Crippen molar-refractivity contribution in [3.8, 4) is 0 Å². The first-order chi connectivity index (χ1) is 9.04. The molecule has 1 aliphatic heterocycles. The van der Waals surface area contributed by atoms with Gasteiger partial charge in [0.1, 0.15) is 0 Å². The number of fused-ring (bicyclic) bond motifs is 1. The number of unbranched alkanes of at least 4 members (excludes halogenated alkanes) is 2. The number of aliphatic hydroxyl groups excluding tert-OH is 1. The van der Waals surface area contributed by atoms with E-state index in [4.69, 9.17) is 0 Å². The van der Waals surface area contributed by atoms with Crippen molar-refractivity contribution in [3.05, 3.63) is 22.2 Å². The molecule has 1 aliphatic rings. The van der Waals surface area contributed by atoms with Gasteiger partial charge in [-0.05, 0) is 34.5 Å². The van der Waals surface area contributed by atoms with Crippen molar-refractivity contribution < 1.29 is 9.90 Å². The van der Waals surface area contributed by atoms with Gasteiger partial charge in [-0.15, -0.1) is 0 Å². The van der Waals surface area contributed by atoms with E-state index >= 15 is 0 Å². The van der Waals surface area contributed by atoms with Gasteiger partial charge in [0.05, 0.1) is 5.69 Å². The van der Waals surface area contributed by atoms with Crippen molar-refractivity contribution in [3.63, 3.8) is 0 Å². The van der Waals surface area contributed by atoms with Crippen LogP contribution in [0, 0.1) is 0 Å². The quantitative estimate of drug-likeness (QED) is 0.817. The summed E-state index contributed by atoms with van der Waals surface area (Å²) in [5.74, 6) is -0.354. The van der Waals surface area contributed by atoms with Crippen molar-refractivity contribution >= 4 is 33.2 Å². The zero-order valence-corrected chi connectivity index (χ0v) is 12.8. The monoisotopic (exact) mass is 326 g/mol. The van der Waals surface area contributed by atoms with Crippen LogP contribution in [0.1, 0.15) is 37.9 Å². The summed E-state index contributed by atoms with van der Waals surface area (Å²) in [5, 5.41) is 12.4. The summed E-state index contributed by atoms with van der Waals surface area (Å²) in [5.41, 5.74) is 2.38. The van der Waals surface area contributed by atoms with E-state index < -0.39 is 6.10 Å². The molecule has 1 unspecified atom stereocenters. The minimum atomic E-state index is -1.05. The predicted molar refractivity (Wildman–Crippen MR) is 80.5 cm³/mol. The van der Waals surface area contributed by atoms with Crippen LogP contribution in [0.3, 0.4) is 0 Å². The van der Waals surface area contributed by atoms with E-state index in [0.29, 0.717) is 11.3 Å². The Bertz CT molecular complexity index is 491. The van der Waals surface area contributed by atoms with Gasteiger partial charge in [0, 0.05) is 29.3 Å². The fourth-order valence-electron chi connectivity index (χ4n) is 2.27. The smallest absolute Gasteiger partial charge is 0.257 e. The Labute approximate surface area is 121 Å². The Balaban J connectivity index is 2.19. The summed E-state index contributed by atoms with van der Waals surface area (Å²) < 4.78 is 0.904. The van der Waals surface area contributed by atoms with Gasteiger partial charge in [-0.1, -0.05) is 19.8 Å². The van der Waals surface area contributed by atoms with Crippen LogP contribution in [0.25, 0.3) is 0 Å². The van der Waals surface area contributed by atoms with Crippen molar-refractivity contribution in [1.82, 2.24) is 0 Å². The van der Waals surface area contributed by atoms with Gasteiger partial charge in [-0.3, -0.25) is 4.79 Å². The molecule has 0 bridgehead atoms. The highest BCUT2D eigenvalue weighted by Gasteiger charge is 2.29. The number of halogens is 1. The van der Waals surface area contributed by atoms with Crippen LogP contribution in [0.5, 0.6) is 0 Å². The SMILES string of the molecule is CCCCCN(C)c1cc2c(cc1Br)C(O)C(=O)N2. The second-order valence-corrected chi connectivity index (χ2v) is 5.77. The molecule has 1 atom stereocenters. The van der Waals surface area contributed by atoms with Crippen molar-refractivity contribution in [1.29, 1.82) is 0 Å². The van der Waals surface area contributed by atoms with E-state index in [9.17, 15) is 9.90 Å². The number of rotatable bonds is 5. The molecule has 0 saturated heterocycles. The fourth-order valence-corrected chi connectivity index (χ4v) is 2.93. The number of hydrogen-bond acceptors (Lipinski definition) is 3. The number of nitrogens with zero attached hydrogens (tertiary/aromatic N) is 1. The molecule has 104 valence electrons. The summed E-state index contributed by atoms with van der Waals surface area (Å²) in [4.78, 5) is 13.6. The second-order valence-electron chi connectivity index (χ2n) is 4.91. The summed E-state index contributed by atoms with van der Waals surface area (Å²) in [6, 6.07) is 3.74. The first kappa shape index (κ1) is 14.3. The molecule has 1 aromatic carbocycles. The van der Waals surface area contributed by atoms with Gasteiger partial charge in [-0.25, -0.2) is 0 Å². The van der Waals surface area contributed by atoms with Gasteiger partial charge < -0.3 is 15.3 Å². The average molecular weight is 327 g/mol. The van der Waals surface area contributed by atoms with E-state index in [2.05, 4.69) is 33.1 Å². The van der Waals surface area contributed by atoms with Gasteiger partial charge in [0.15, 0.2) is 6.10 Å². The highest BCUT2D eigenvalue weighted by atomic mass is 79.9. The average Bonchev–Trinajstić information content (AvgIpc) is 2.65. The van der Waals surface area contributed by atoms with Crippen LogP contribution in [0.15, 0.2) is 16.6 Å². The first-order valence-corrected chi connectivity index (χ1v) is 7.37. The summed E-state index contributed by atoms with van der Waals surface area (Å²) >= 11 is 3.52. The molecule has 0 radical (unpaired) electrons. The third-order valence-corrected chi connectivity index (χ3v) is 4.06. The Hall–Kier alpha value is -1.07. The van der Waals surface area contributed by atoms with Gasteiger partial charge in [0.25, 0.3) is 5.91 Å². The van der Waals surface area contributed by atoms with E-state index in [1.807, 2.05) is 19.2 Å². The largest absolute Gasteiger partial charge is 0.378 e. The number of carbonyl (C=O) groups is 1. The minimum absolute atomic E-state index is 0.354. The highest BCUT2D eigenvalue weighted by molar-refractivity contribution is 9.10. The molecular formula is C14H19BrN2O2. The van der Waals surface area contributed by atoms with Gasteiger partial charge in [0.2, 0.25) is 0 Å². The lowest BCUT2D eigenvalue weighted by molar-refractivity contribution is -0.123. The molecule has 5 heteroatoms. The van der Waals surface area contributed by atoms with Crippen LogP contribution < -0.4 is 10.2 Å². The number of hydrogen-bond donors (Lipinski definition) is 2. The lowest BCUT2D eigenvalue weighted by Crippen LogP contribution is -2.19. The zero-order chi connectivity index (χ0) is 14.0. The van der Waals surface area contributed by atoms with Crippen LogP contribution in [-0.4, -0.2) is 24.6 Å². The zero-order valence-electron chi connectivity index (χ0n) is 11.2. The highest BCUT2D eigenvalue weighted by Crippen LogP contribution is 2.38. The molecule has 2 N–H and O–H groups in total. The van der Waals surface area contributed by atoms with E-state index in [0.717, 1.165) is 23.1 Å². The maximum Gasteiger partial charge on any atom is 0.257 e. The van der Waals surface area contributed by atoms with E-state index in [1.54, 1.807) is 0 Å². The fraction of sp³-hybridized carbons (Fsp3) is 0.500. The molecule has 0 fully saturated rings. The Morgan fingerprint density at radius 1 is 1.42 bits per heavy atom. The molecule has 0 aromatic heterocycles. The van der Waals surface area contributed by atoms with Crippen LogP contribution in [0.4, 0.5) is 11.4 Å². The molecule has 2 rings (SSSR count). The second kappa shape index (κ2) is 5.92. The first-order valence-electron chi connectivity index (χ1n) is 6.58. The number of amides is 1. The van der Waals surface area contributed by atoms with Crippen molar-refractivity contribution in [2.24, 2.45) is 0 Å². The van der Waals surface area contributed by atoms with Crippen LogP contribution >= 0.6 is 15.9 Å². The topological polar surface area (TPSA) is 52.6 Å². The standard InChI is InChI=1S/C14H19BrN2O2/c1-3-4-5-6-17(2)12-8-11-9(7-10(12)15)13(18)14(19)16-11/h7-8,13,18H,3-6H2,1-2H3,(H,16,19). The normalized spacial score (nSPS) is 17.3. The molecule has 1 aromatic rings. The molecular weight excluding hydrogens is 308 g/mol. The van der Waals surface area contributed by atoms with Crippen molar-refractivity contribution in [2.45, 2.75) is 32.3 Å². The molecule has 4 nitrogen and oxygen atoms in total. The third-order valence-electron chi connectivity index (χ3n) is 3.43. The summed E-state index contributed by atoms with van der Waals surface area (Å²) in [6.45, 7) is 3.16. The maximum absolute atomic E-state index is 11.4. The molecule has 0 saturated carbocycles. The summed E-state index contributed by atoms with van der Waals surface area (Å²) in [6.07, 6.45) is 2.50.